The maximum absolute atomic E-state index is 13.0. The highest BCUT2D eigenvalue weighted by atomic mass is 16.6. The van der Waals surface area contributed by atoms with E-state index in [0.717, 1.165) is 0 Å². The number of para-hydroxylation sites is 1. The summed E-state index contributed by atoms with van der Waals surface area (Å²) in [7, 11) is 2.49. The SMILES string of the molecule is COC(=O)C(C)Oc1cc(OC(C)C(=O)OC)c2c(=O)c3ccccc3oc2c1. The Morgan fingerprint density at radius 2 is 1.52 bits per heavy atom. The van der Waals surface area contributed by atoms with Crippen molar-refractivity contribution in [1.29, 1.82) is 0 Å². The topological polar surface area (TPSA) is 101 Å². The third-order valence-corrected chi connectivity index (χ3v) is 4.30. The highest BCUT2D eigenvalue weighted by molar-refractivity contribution is 5.94. The van der Waals surface area contributed by atoms with Gasteiger partial charge in [0.15, 0.2) is 12.2 Å². The molecule has 0 fully saturated rings. The third-order valence-electron chi connectivity index (χ3n) is 4.30. The molecule has 8 nitrogen and oxygen atoms in total. The maximum atomic E-state index is 13.0. The monoisotopic (exact) mass is 400 g/mol. The highest BCUT2D eigenvalue weighted by Gasteiger charge is 2.22. The van der Waals surface area contributed by atoms with Gasteiger partial charge >= 0.3 is 11.9 Å². The fraction of sp³-hybridized carbons (Fsp3) is 0.286. The van der Waals surface area contributed by atoms with Gasteiger partial charge in [0.2, 0.25) is 5.43 Å². The molecule has 0 aliphatic heterocycles. The second-order valence-electron chi connectivity index (χ2n) is 6.29. The van der Waals surface area contributed by atoms with E-state index in [1.165, 1.54) is 40.2 Å². The molecule has 3 aromatic rings. The van der Waals surface area contributed by atoms with Gasteiger partial charge in [0, 0.05) is 12.1 Å². The average Bonchev–Trinajstić information content (AvgIpc) is 2.72. The van der Waals surface area contributed by atoms with Crippen LogP contribution in [0.15, 0.2) is 45.6 Å². The highest BCUT2D eigenvalue weighted by Crippen LogP contribution is 2.32. The fourth-order valence-electron chi connectivity index (χ4n) is 2.85. The lowest BCUT2D eigenvalue weighted by Crippen LogP contribution is -2.26. The summed E-state index contributed by atoms with van der Waals surface area (Å²) < 4.78 is 26.5. The Kier molecular flexibility index (Phi) is 5.72. The van der Waals surface area contributed by atoms with E-state index in [4.69, 9.17) is 13.9 Å². The van der Waals surface area contributed by atoms with Crippen molar-refractivity contribution >= 4 is 33.9 Å². The maximum Gasteiger partial charge on any atom is 0.346 e. The number of fused-ring (bicyclic) bond motifs is 2. The Bertz CT molecular complexity index is 1130. The molecule has 0 aliphatic carbocycles. The molecule has 29 heavy (non-hydrogen) atoms. The molecule has 0 saturated heterocycles. The van der Waals surface area contributed by atoms with Gasteiger partial charge in [0.1, 0.15) is 28.1 Å². The van der Waals surface area contributed by atoms with Crippen LogP contribution >= 0.6 is 0 Å². The zero-order valence-electron chi connectivity index (χ0n) is 16.4. The molecule has 0 aliphatic rings. The van der Waals surface area contributed by atoms with Crippen LogP contribution in [0.3, 0.4) is 0 Å². The molecule has 152 valence electrons. The van der Waals surface area contributed by atoms with Gasteiger partial charge in [0.25, 0.3) is 0 Å². The van der Waals surface area contributed by atoms with Crippen LogP contribution in [-0.2, 0) is 19.1 Å². The average molecular weight is 400 g/mol. The van der Waals surface area contributed by atoms with Crippen molar-refractivity contribution in [1.82, 2.24) is 0 Å². The normalized spacial score (nSPS) is 13.0. The van der Waals surface area contributed by atoms with Crippen LogP contribution in [0.1, 0.15) is 13.8 Å². The summed E-state index contributed by atoms with van der Waals surface area (Å²) in [5.41, 5.74) is 0.256. The van der Waals surface area contributed by atoms with Gasteiger partial charge in [-0.1, -0.05) is 12.1 Å². The second kappa shape index (κ2) is 8.22. The molecule has 1 heterocycles. The first-order valence-electron chi connectivity index (χ1n) is 8.84. The molecule has 0 radical (unpaired) electrons. The first kappa shape index (κ1) is 20.2. The molecule has 3 rings (SSSR count). The molecule has 0 spiro atoms. The van der Waals surface area contributed by atoms with Gasteiger partial charge in [-0.2, -0.15) is 0 Å². The fourth-order valence-corrected chi connectivity index (χ4v) is 2.85. The van der Waals surface area contributed by atoms with Gasteiger partial charge in [-0.25, -0.2) is 9.59 Å². The van der Waals surface area contributed by atoms with Crippen LogP contribution in [-0.4, -0.2) is 38.4 Å². The Labute approximate surface area is 165 Å². The van der Waals surface area contributed by atoms with E-state index >= 15 is 0 Å². The van der Waals surface area contributed by atoms with E-state index in [-0.39, 0.29) is 27.9 Å². The zero-order chi connectivity index (χ0) is 21.1. The van der Waals surface area contributed by atoms with Crippen molar-refractivity contribution < 1.29 is 33.0 Å². The van der Waals surface area contributed by atoms with Crippen LogP contribution in [0.4, 0.5) is 0 Å². The smallest absolute Gasteiger partial charge is 0.346 e. The van der Waals surface area contributed by atoms with Crippen LogP contribution in [0, 0.1) is 0 Å². The predicted octanol–water partition coefficient (Wildman–Crippen LogP) is 2.83. The van der Waals surface area contributed by atoms with Crippen molar-refractivity contribution in [2.45, 2.75) is 26.1 Å². The minimum absolute atomic E-state index is 0.0759. The van der Waals surface area contributed by atoms with E-state index in [0.29, 0.717) is 11.0 Å². The summed E-state index contributed by atoms with van der Waals surface area (Å²) in [5, 5.41) is 0.518. The summed E-state index contributed by atoms with van der Waals surface area (Å²) >= 11 is 0. The number of ether oxygens (including phenoxy) is 4. The molecule has 0 bridgehead atoms. The summed E-state index contributed by atoms with van der Waals surface area (Å²) in [5.74, 6) is -0.902. The van der Waals surface area contributed by atoms with E-state index in [2.05, 4.69) is 9.47 Å². The Hall–Kier alpha value is -3.55. The van der Waals surface area contributed by atoms with Crippen molar-refractivity contribution in [3.8, 4) is 11.5 Å². The largest absolute Gasteiger partial charge is 0.479 e. The Balaban J connectivity index is 2.19. The number of esters is 2. The number of hydrogen-bond donors (Lipinski definition) is 0. The number of methoxy groups -OCH3 is 2. The first-order valence-corrected chi connectivity index (χ1v) is 8.84. The first-order chi connectivity index (χ1) is 13.8. The Morgan fingerprint density at radius 3 is 2.17 bits per heavy atom. The molecule has 2 aromatic carbocycles. The minimum Gasteiger partial charge on any atom is -0.479 e. The van der Waals surface area contributed by atoms with Crippen molar-refractivity contribution in [2.75, 3.05) is 14.2 Å². The quantitative estimate of drug-likeness (QED) is 0.460. The van der Waals surface area contributed by atoms with Crippen LogP contribution < -0.4 is 14.9 Å². The van der Waals surface area contributed by atoms with E-state index in [9.17, 15) is 14.4 Å². The van der Waals surface area contributed by atoms with Crippen LogP contribution in [0.2, 0.25) is 0 Å². The molecule has 8 heteroatoms. The van der Waals surface area contributed by atoms with Gasteiger partial charge in [-0.3, -0.25) is 4.79 Å². The van der Waals surface area contributed by atoms with E-state index in [1.54, 1.807) is 24.3 Å². The van der Waals surface area contributed by atoms with Gasteiger partial charge < -0.3 is 23.4 Å². The molecular weight excluding hydrogens is 380 g/mol. The summed E-state index contributed by atoms with van der Waals surface area (Å²) in [6, 6.07) is 9.67. The van der Waals surface area contributed by atoms with E-state index in [1.807, 2.05) is 0 Å². The van der Waals surface area contributed by atoms with E-state index < -0.39 is 24.1 Å². The zero-order valence-corrected chi connectivity index (χ0v) is 16.4. The van der Waals surface area contributed by atoms with Gasteiger partial charge in [-0.15, -0.1) is 0 Å². The summed E-state index contributed by atoms with van der Waals surface area (Å²) in [6.45, 7) is 3.01. The molecule has 0 N–H and O–H groups in total. The minimum atomic E-state index is -0.984. The number of benzene rings is 2. The van der Waals surface area contributed by atoms with Crippen molar-refractivity contribution in [3.63, 3.8) is 0 Å². The molecule has 2 atom stereocenters. The standard InChI is InChI=1S/C21H20O8/c1-11(20(23)25-3)27-13-9-16(28-12(2)21(24)26-4)18-17(10-13)29-15-8-6-5-7-14(15)19(18)22/h5-12H,1-4H3. The number of carbonyl (C=O) groups is 2. The second-order valence-corrected chi connectivity index (χ2v) is 6.29. The summed E-state index contributed by atoms with van der Waals surface area (Å²) in [6.07, 6.45) is -1.89. The van der Waals surface area contributed by atoms with Gasteiger partial charge in [0.05, 0.1) is 19.6 Å². The third kappa shape index (κ3) is 4.01. The number of hydrogen-bond acceptors (Lipinski definition) is 8. The molecule has 0 amide bonds. The molecular formula is C21H20O8. The van der Waals surface area contributed by atoms with Crippen molar-refractivity contribution in [2.24, 2.45) is 0 Å². The molecule has 1 aromatic heterocycles. The molecule has 2 unspecified atom stereocenters. The van der Waals surface area contributed by atoms with Crippen LogP contribution in [0.25, 0.3) is 21.9 Å². The van der Waals surface area contributed by atoms with Crippen molar-refractivity contribution in [3.05, 3.63) is 46.6 Å². The predicted molar refractivity (Wildman–Crippen MR) is 104 cm³/mol. The molecule has 0 saturated carbocycles. The number of rotatable bonds is 6. The van der Waals surface area contributed by atoms with Gasteiger partial charge in [-0.05, 0) is 26.0 Å². The lowest BCUT2D eigenvalue weighted by atomic mass is 10.1. The lowest BCUT2D eigenvalue weighted by molar-refractivity contribution is -0.148. The van der Waals surface area contributed by atoms with Crippen LogP contribution in [0.5, 0.6) is 11.5 Å². The Morgan fingerprint density at radius 1 is 0.897 bits per heavy atom. The number of carbonyl (C=O) groups excluding carboxylic acids is 2. The summed E-state index contributed by atoms with van der Waals surface area (Å²) in [4.78, 5) is 36.5. The lowest BCUT2D eigenvalue weighted by Gasteiger charge is -2.17.